The summed E-state index contributed by atoms with van der Waals surface area (Å²) in [4.78, 5) is 28.8. The van der Waals surface area contributed by atoms with E-state index in [1.165, 1.54) is 11.3 Å². The quantitative estimate of drug-likeness (QED) is 0.380. The van der Waals surface area contributed by atoms with Gasteiger partial charge in [-0.3, -0.25) is 9.88 Å². The molecule has 3 rings (SSSR count). The highest BCUT2D eigenvalue weighted by molar-refractivity contribution is 5.73. The number of hydrogen-bond acceptors (Lipinski definition) is 7. The van der Waals surface area contributed by atoms with Crippen molar-refractivity contribution in [3.8, 4) is 0 Å². The lowest BCUT2D eigenvalue weighted by molar-refractivity contribution is -0.193. The van der Waals surface area contributed by atoms with Crippen LogP contribution in [-0.2, 0) is 40.6 Å². The van der Waals surface area contributed by atoms with Gasteiger partial charge >= 0.3 is 24.3 Å². The van der Waals surface area contributed by atoms with Crippen LogP contribution in [0.2, 0.25) is 0 Å². The van der Waals surface area contributed by atoms with Gasteiger partial charge in [0.05, 0.1) is 37.5 Å². The van der Waals surface area contributed by atoms with Crippen LogP contribution >= 0.6 is 0 Å². The van der Waals surface area contributed by atoms with Crippen LogP contribution in [0, 0.1) is 0 Å². The van der Waals surface area contributed by atoms with Gasteiger partial charge in [-0.05, 0) is 24.1 Å². The summed E-state index contributed by atoms with van der Waals surface area (Å²) >= 11 is 0. The minimum atomic E-state index is -5.08. The Bertz CT molecular complexity index is 928. The number of ether oxygens (including phenoxy) is 1. The van der Waals surface area contributed by atoms with Gasteiger partial charge in [-0.15, -0.1) is 0 Å². The van der Waals surface area contributed by atoms with E-state index >= 15 is 0 Å². The Labute approximate surface area is 200 Å². The molecule has 3 heterocycles. The number of aliphatic hydroxyl groups is 1. The molecule has 10 nitrogen and oxygen atoms in total. The number of aryl methyl sites for hydroxylation is 1. The van der Waals surface area contributed by atoms with Crippen LogP contribution in [0.3, 0.4) is 0 Å². The lowest BCUT2D eigenvalue weighted by Crippen LogP contribution is -2.23. The first-order valence-corrected chi connectivity index (χ1v) is 10.2. The summed E-state index contributed by atoms with van der Waals surface area (Å²) in [6, 6.07) is 4.13. The predicted molar refractivity (Wildman–Crippen MR) is 109 cm³/mol. The smallest absolute Gasteiger partial charge is 0.475 e. The van der Waals surface area contributed by atoms with E-state index in [4.69, 9.17) is 29.6 Å². The molecule has 2 aromatic heterocycles. The van der Waals surface area contributed by atoms with E-state index < -0.39 is 24.3 Å². The maximum Gasteiger partial charge on any atom is 0.490 e. The molecule has 1 aliphatic heterocycles. The van der Waals surface area contributed by atoms with Gasteiger partial charge in [0.25, 0.3) is 0 Å². The lowest BCUT2D eigenvalue weighted by Gasteiger charge is -2.20. The molecule has 0 unspecified atom stereocenters. The zero-order valence-electron chi connectivity index (χ0n) is 18.7. The van der Waals surface area contributed by atoms with Crippen molar-refractivity contribution in [2.75, 3.05) is 19.8 Å². The zero-order chi connectivity index (χ0) is 27.4. The first-order chi connectivity index (χ1) is 16.8. The van der Waals surface area contributed by atoms with E-state index in [1.54, 1.807) is 0 Å². The molecular formula is C20H24F6N4O6. The first kappa shape index (κ1) is 30.8. The molecule has 36 heavy (non-hydrogen) atoms. The highest BCUT2D eigenvalue weighted by Crippen LogP contribution is 2.19. The molecule has 0 bridgehead atoms. The fraction of sp³-hybridized carbons (Fsp3) is 0.500. The zero-order valence-corrected chi connectivity index (χ0v) is 18.7. The van der Waals surface area contributed by atoms with E-state index in [0.717, 1.165) is 38.3 Å². The number of alkyl halides is 6. The van der Waals surface area contributed by atoms with E-state index in [2.05, 4.69) is 31.6 Å². The number of aromatic nitrogens is 3. The predicted octanol–water partition coefficient (Wildman–Crippen LogP) is 2.46. The summed E-state index contributed by atoms with van der Waals surface area (Å²) < 4.78 is 71.1. The number of imidazole rings is 1. The molecular weight excluding hydrogens is 506 g/mol. The molecule has 0 saturated heterocycles. The molecule has 202 valence electrons. The molecule has 0 amide bonds. The minimum Gasteiger partial charge on any atom is -0.475 e. The van der Waals surface area contributed by atoms with Crippen LogP contribution in [0.25, 0.3) is 0 Å². The van der Waals surface area contributed by atoms with E-state index in [-0.39, 0.29) is 6.61 Å². The van der Waals surface area contributed by atoms with E-state index in [1.807, 2.05) is 18.7 Å². The van der Waals surface area contributed by atoms with Gasteiger partial charge in [0.1, 0.15) is 0 Å². The van der Waals surface area contributed by atoms with Crippen molar-refractivity contribution in [1.29, 1.82) is 0 Å². The number of carboxylic acids is 2. The summed E-state index contributed by atoms with van der Waals surface area (Å²) in [6.45, 7) is 4.73. The molecule has 0 aromatic carbocycles. The second kappa shape index (κ2) is 14.4. The van der Waals surface area contributed by atoms with Gasteiger partial charge in [-0.1, -0.05) is 0 Å². The Morgan fingerprint density at radius 1 is 1.00 bits per heavy atom. The van der Waals surface area contributed by atoms with Crippen LogP contribution in [0.4, 0.5) is 26.3 Å². The van der Waals surface area contributed by atoms with E-state index in [0.29, 0.717) is 13.2 Å². The van der Waals surface area contributed by atoms with Crippen molar-refractivity contribution in [2.24, 2.45) is 0 Å². The molecule has 16 heteroatoms. The molecule has 1 aliphatic rings. The SMILES string of the molecule is O=C(O)C(F)(F)F.O=C(O)C(F)(F)F.OCCOCc1ncn2c1CN(Cc1ccncc1)CCC2. The summed E-state index contributed by atoms with van der Waals surface area (Å²) in [7, 11) is 0. The fourth-order valence-electron chi connectivity index (χ4n) is 2.81. The number of pyridine rings is 1. The van der Waals surface area contributed by atoms with Crippen LogP contribution in [0.5, 0.6) is 0 Å². The number of carbonyl (C=O) groups is 2. The minimum absolute atomic E-state index is 0.0458. The van der Waals surface area contributed by atoms with Gasteiger partial charge in [-0.2, -0.15) is 26.3 Å². The van der Waals surface area contributed by atoms with Crippen molar-refractivity contribution >= 4 is 11.9 Å². The third kappa shape index (κ3) is 11.5. The number of nitrogens with zero attached hydrogens (tertiary/aromatic N) is 4. The molecule has 0 atom stereocenters. The second-order valence-corrected chi connectivity index (χ2v) is 7.13. The number of rotatable bonds is 6. The maximum absolute atomic E-state index is 10.6. The van der Waals surface area contributed by atoms with Gasteiger partial charge in [0.2, 0.25) is 0 Å². The van der Waals surface area contributed by atoms with E-state index in [9.17, 15) is 26.3 Å². The molecule has 0 saturated carbocycles. The molecule has 0 radical (unpaired) electrons. The standard InChI is InChI=1S/C16H22N4O2.2C2HF3O2/c21-8-9-22-12-15-16-11-19(6-1-7-20(16)13-18-15)10-14-2-4-17-5-3-14;2*3-2(4,5)1(6)7/h2-5,13,21H,1,6-12H2;2*(H,6,7). The van der Waals surface area contributed by atoms with Gasteiger partial charge < -0.3 is 24.6 Å². The third-order valence-corrected chi connectivity index (χ3v) is 4.39. The van der Waals surface area contributed by atoms with Crippen molar-refractivity contribution in [1.82, 2.24) is 19.4 Å². The number of carboxylic acid groups (broad SMARTS) is 2. The molecule has 3 N–H and O–H groups in total. The summed E-state index contributed by atoms with van der Waals surface area (Å²) in [5.74, 6) is -5.51. The molecule has 0 spiro atoms. The Morgan fingerprint density at radius 2 is 1.56 bits per heavy atom. The van der Waals surface area contributed by atoms with Crippen molar-refractivity contribution < 1.29 is 56.0 Å². The molecule has 0 aliphatic carbocycles. The number of aliphatic carboxylic acids is 2. The molecule has 0 fully saturated rings. The van der Waals surface area contributed by atoms with Crippen LogP contribution in [0.1, 0.15) is 23.4 Å². The maximum atomic E-state index is 10.6. The summed E-state index contributed by atoms with van der Waals surface area (Å²) in [5, 5.41) is 23.1. The first-order valence-electron chi connectivity index (χ1n) is 10.2. The molecule has 2 aromatic rings. The highest BCUT2D eigenvalue weighted by atomic mass is 19.4. The summed E-state index contributed by atoms with van der Waals surface area (Å²) in [5.41, 5.74) is 3.49. The normalized spacial score (nSPS) is 13.9. The Balaban J connectivity index is 0.000000383. The largest absolute Gasteiger partial charge is 0.490 e. The number of fused-ring (bicyclic) bond motifs is 1. The van der Waals surface area contributed by atoms with Gasteiger partial charge in [-0.25, -0.2) is 14.6 Å². The monoisotopic (exact) mass is 530 g/mol. The number of halogens is 6. The van der Waals surface area contributed by atoms with Crippen LogP contribution < -0.4 is 0 Å². The third-order valence-electron chi connectivity index (χ3n) is 4.39. The summed E-state index contributed by atoms with van der Waals surface area (Å²) in [6.07, 6.45) is -3.47. The van der Waals surface area contributed by atoms with Crippen molar-refractivity contribution in [2.45, 2.75) is 45.0 Å². The van der Waals surface area contributed by atoms with Crippen molar-refractivity contribution in [3.05, 3.63) is 47.8 Å². The number of hydrogen-bond donors (Lipinski definition) is 3. The van der Waals surface area contributed by atoms with Crippen molar-refractivity contribution in [3.63, 3.8) is 0 Å². The number of aliphatic hydroxyl groups excluding tert-OH is 1. The Morgan fingerprint density at radius 3 is 2.06 bits per heavy atom. The highest BCUT2D eigenvalue weighted by Gasteiger charge is 2.38. The van der Waals surface area contributed by atoms with Gasteiger partial charge in [0, 0.05) is 38.6 Å². The Kier molecular flexibility index (Phi) is 12.3. The van der Waals surface area contributed by atoms with Crippen LogP contribution in [0.15, 0.2) is 30.9 Å². The topological polar surface area (TPSA) is 138 Å². The van der Waals surface area contributed by atoms with Gasteiger partial charge in [0.15, 0.2) is 0 Å². The fourth-order valence-corrected chi connectivity index (χ4v) is 2.81. The Hall–Kier alpha value is -3.24. The average Bonchev–Trinajstić information content (AvgIpc) is 3.03. The second-order valence-electron chi connectivity index (χ2n) is 7.13. The average molecular weight is 530 g/mol. The van der Waals surface area contributed by atoms with Crippen LogP contribution in [-0.4, -0.2) is 78.8 Å². The lowest BCUT2D eigenvalue weighted by atomic mass is 10.2.